The largest absolute Gasteiger partial charge is 0.508 e. The number of aliphatic carboxylic acids is 1. The van der Waals surface area contributed by atoms with Crippen LogP contribution in [0.3, 0.4) is 0 Å². The molecule has 35 heteroatoms. The maximum absolute atomic E-state index is 16.3. The zero-order valence-corrected chi connectivity index (χ0v) is 65.4. The van der Waals surface area contributed by atoms with Crippen molar-refractivity contribution in [3.05, 3.63) is 152 Å². The number of aromatic hydroxyl groups is 3. The van der Waals surface area contributed by atoms with Crippen molar-refractivity contribution in [2.24, 2.45) is 23.5 Å². The number of aryl methyl sites for hydroxylation is 1. The number of phenolic OH excluding ortho intramolecular Hbond substituents is 3. The Hall–Kier alpha value is -10.1. The molecule has 2 fully saturated rings. The van der Waals surface area contributed by atoms with Crippen molar-refractivity contribution in [3.63, 3.8) is 0 Å². The number of ketones is 2. The molecule has 15 unspecified atom stereocenters. The summed E-state index contributed by atoms with van der Waals surface area (Å²) in [4.78, 5) is 132. The van der Waals surface area contributed by atoms with E-state index in [0.717, 1.165) is 71.8 Å². The number of phenols is 3. The van der Waals surface area contributed by atoms with Gasteiger partial charge in [-0.1, -0.05) is 92.0 Å². The summed E-state index contributed by atoms with van der Waals surface area (Å²) in [6.07, 6.45) is -22.1. The third-order valence-corrected chi connectivity index (χ3v) is 21.9. The first-order chi connectivity index (χ1) is 55.0. The monoisotopic (exact) mass is 1650 g/mol. The number of carbonyl (C=O) groups is 9. The first kappa shape index (κ1) is 86.7. The number of hydrogen-bond acceptors (Lipinski definition) is 27. The molecule has 0 radical (unpaired) electrons. The van der Waals surface area contributed by atoms with E-state index in [4.69, 9.17) is 66.8 Å². The number of carboxylic acids is 1. The fourth-order valence-electron chi connectivity index (χ4n) is 14.9. The van der Waals surface area contributed by atoms with Gasteiger partial charge in [0.15, 0.2) is 47.6 Å². The first-order valence-corrected chi connectivity index (χ1v) is 38.2. The summed E-state index contributed by atoms with van der Waals surface area (Å²) >= 11 is 14.3. The minimum absolute atomic E-state index is 0.0134. The summed E-state index contributed by atoms with van der Waals surface area (Å²) < 4.78 is 50.6. The molecule has 6 aromatic carbocycles. The summed E-state index contributed by atoms with van der Waals surface area (Å²) in [6, 6.07) is 12.8. The van der Waals surface area contributed by atoms with Gasteiger partial charge in [0, 0.05) is 66.4 Å². The summed E-state index contributed by atoms with van der Waals surface area (Å²) in [5, 5.41) is 129. The SMILES string of the molecule is CC[C@H](CC(C)C)C(=O)N[C@@H]1C(=O)CC(CC(N)=O)C(=O)NC2C(=O)CC3C(=O)N[C@H](C(=O)NC(C(=O)O)c4cc(O)cc(O)c4-c4cc3ccc4O)[C@H](O)c3ccc(c(Cl)c3)Oc3cc2cc(c3OC2OC(CO)C(O)C(O)C2OC2CC(C)(NCC(OCc3ccc(C)cc3)C(=O)OC)C(O)C(C)O2)Oc2ccc(cc2Cl)C1O. The molecule has 11 bridgehead atoms. The first-order valence-electron chi connectivity index (χ1n) is 37.4. The number of Topliss-reactive ketones (excluding diaryl/α,β-unsaturated/α-hetero) is 2. The molecule has 0 spiro atoms. The Bertz CT molecular complexity index is 4730. The van der Waals surface area contributed by atoms with Crippen LogP contribution < -0.4 is 46.5 Å². The molecule has 5 amide bonds. The number of halogens is 2. The Balaban J connectivity index is 1.11. The number of carbonyl (C=O) groups excluding carboxylic acids is 8. The molecule has 0 aliphatic carbocycles. The Morgan fingerprint density at radius 2 is 1.38 bits per heavy atom. The van der Waals surface area contributed by atoms with Crippen LogP contribution in [0.15, 0.2) is 103 Å². The number of benzene rings is 6. The molecule has 13 rings (SSSR count). The number of esters is 1. The quantitative estimate of drug-likeness (QED) is 0.0436. The highest BCUT2D eigenvalue weighted by Crippen LogP contribution is 2.51. The molecule has 7 heterocycles. The molecule has 116 heavy (non-hydrogen) atoms. The standard InChI is InChI=1S/C81H92Cl2N6O27/c1-8-38(19-34(2)3)74(102)88-65-52(94)23-43(26-60(84)96)75(103)86-63-42-24-56(112-54-17-14-40(67(65)97)21-48(54)82)71(116-80-72(70(100)69(99)59(32-90)114-80)115-61-30-81(6,73(101)36(5)111-61)85-31-58(79(108)109-7)110-33-37-11-9-35(4)10-12-37)57(25-42)113-55-18-15-41(22-49(55)83)68(98)66-77(105)87-64(78(106)107)47-27-44(91)28-51(93)62(47)46-20-39(13-16-50(46)92)45(29-53(63)95)76(104)89-66/h9-18,20-22,24-25,27-28,34,36,38,43,45,58-59,61,63-70,72-73,80,85,90-93,97-101H,8,19,23,26,29-33H2,1-7H3,(H2,84,96)(H,86,103)(H,87,105)(H,88,102)(H,89,104)(H,106,107)/t36?,38-,43?,45?,58?,59?,61?,63?,64?,65-,66+,67?,68-,69?,70?,72?,73?,80?,81?/m1/s1. The van der Waals surface area contributed by atoms with Crippen molar-refractivity contribution >= 4 is 76.2 Å². The maximum Gasteiger partial charge on any atom is 0.336 e. The Labute approximate surface area is 674 Å². The van der Waals surface area contributed by atoms with Gasteiger partial charge < -0.3 is 121 Å². The third-order valence-electron chi connectivity index (χ3n) is 21.3. The van der Waals surface area contributed by atoms with E-state index in [0.29, 0.717) is 6.42 Å². The number of amides is 5. The van der Waals surface area contributed by atoms with Gasteiger partial charge in [-0.15, -0.1) is 0 Å². The molecular formula is C81H92Cl2N6O27. The second kappa shape index (κ2) is 36.6. The molecular weight excluding hydrogens is 1560 g/mol. The number of aliphatic hydroxyl groups excluding tert-OH is 6. The average Bonchev–Trinajstić information content (AvgIpc) is 0.763. The fourth-order valence-corrected chi connectivity index (χ4v) is 15.4. The van der Waals surface area contributed by atoms with Gasteiger partial charge >= 0.3 is 11.9 Å². The summed E-state index contributed by atoms with van der Waals surface area (Å²) in [5.74, 6) is -20.1. The van der Waals surface area contributed by atoms with Crippen molar-refractivity contribution in [2.45, 2.75) is 190 Å². The highest BCUT2D eigenvalue weighted by molar-refractivity contribution is 6.32. The number of nitrogens with one attached hydrogen (secondary N) is 5. The smallest absolute Gasteiger partial charge is 0.336 e. The maximum atomic E-state index is 16.3. The van der Waals surface area contributed by atoms with Crippen LogP contribution in [0.2, 0.25) is 10.0 Å². The van der Waals surface area contributed by atoms with E-state index in [1.165, 1.54) is 32.2 Å². The van der Waals surface area contributed by atoms with Gasteiger partial charge in [0.2, 0.25) is 41.6 Å². The molecule has 0 aromatic heterocycles. The van der Waals surface area contributed by atoms with Crippen LogP contribution in [0.4, 0.5) is 0 Å². The van der Waals surface area contributed by atoms with Crippen molar-refractivity contribution in [3.8, 4) is 57.1 Å². The van der Waals surface area contributed by atoms with Gasteiger partial charge in [-0.2, -0.15) is 0 Å². The summed E-state index contributed by atoms with van der Waals surface area (Å²) in [5.41, 5.74) is 3.59. The van der Waals surface area contributed by atoms with Crippen molar-refractivity contribution < 1.29 is 132 Å². The van der Waals surface area contributed by atoms with Gasteiger partial charge in [-0.25, -0.2) is 9.59 Å². The van der Waals surface area contributed by atoms with E-state index in [1.54, 1.807) is 13.8 Å². The second-order valence-electron chi connectivity index (χ2n) is 30.2. The second-order valence-corrected chi connectivity index (χ2v) is 31.0. The topological polar surface area (TPSA) is 516 Å². The van der Waals surface area contributed by atoms with Crippen LogP contribution >= 0.6 is 23.2 Å². The van der Waals surface area contributed by atoms with Crippen LogP contribution in [0.5, 0.6) is 46.0 Å². The molecule has 17 N–H and O–H groups in total. The van der Waals surface area contributed by atoms with Gasteiger partial charge in [-0.05, 0) is 122 Å². The van der Waals surface area contributed by atoms with E-state index in [2.05, 4.69) is 26.6 Å². The lowest BCUT2D eigenvalue weighted by Crippen LogP contribution is -2.66. The minimum Gasteiger partial charge on any atom is -0.508 e. The minimum atomic E-state index is -2.27. The van der Waals surface area contributed by atoms with Crippen LogP contribution in [0.1, 0.15) is 142 Å². The lowest BCUT2D eigenvalue weighted by atomic mass is 9.84. The average molecular weight is 1650 g/mol. The molecule has 7 aliphatic heterocycles. The number of rotatable bonds is 20. The molecule has 6 aromatic rings. The predicted octanol–water partition coefficient (Wildman–Crippen LogP) is 5.22. The number of methoxy groups -OCH3 is 1. The molecule has 7 aliphatic rings. The number of nitrogens with two attached hydrogens (primary N) is 1. The number of primary amides is 1. The molecule has 19 atom stereocenters. The van der Waals surface area contributed by atoms with Crippen LogP contribution in [-0.2, 0) is 73.4 Å². The fraction of sp³-hybridized carbons (Fsp3) is 0.444. The number of carboxylic acid groups (broad SMARTS) is 1. The summed E-state index contributed by atoms with van der Waals surface area (Å²) in [6.45, 7) is 9.21. The van der Waals surface area contributed by atoms with Gasteiger partial charge in [0.05, 0.1) is 54.4 Å². The zero-order chi connectivity index (χ0) is 84.2. The Morgan fingerprint density at radius 3 is 1.98 bits per heavy atom. The highest BCUT2D eigenvalue weighted by atomic mass is 35.5. The zero-order valence-electron chi connectivity index (χ0n) is 63.9. The van der Waals surface area contributed by atoms with Crippen molar-refractivity contribution in [1.82, 2.24) is 26.6 Å². The van der Waals surface area contributed by atoms with Crippen LogP contribution in [0, 0.1) is 24.7 Å². The third kappa shape index (κ3) is 19.3. The number of hydrogen-bond donors (Lipinski definition) is 16. The molecule has 33 nitrogen and oxygen atoms in total. The predicted molar refractivity (Wildman–Crippen MR) is 408 cm³/mol. The Morgan fingerprint density at radius 1 is 0.733 bits per heavy atom. The number of aliphatic hydroxyl groups is 6. The van der Waals surface area contributed by atoms with E-state index in [9.17, 15) is 75.0 Å². The number of fused-ring (bicyclic) bond motifs is 15. The highest BCUT2D eigenvalue weighted by Gasteiger charge is 2.53. The molecule has 0 saturated carbocycles. The van der Waals surface area contributed by atoms with Gasteiger partial charge in [0.25, 0.3) is 0 Å². The normalized spacial score (nSPS) is 27.5. The number of ether oxygens (including phenoxy) is 8. The van der Waals surface area contributed by atoms with Crippen LogP contribution in [-0.4, -0.2) is 197 Å². The van der Waals surface area contributed by atoms with Crippen LogP contribution in [0.25, 0.3) is 11.1 Å². The van der Waals surface area contributed by atoms with Crippen molar-refractivity contribution in [1.29, 1.82) is 0 Å². The molecule has 622 valence electrons. The Kier molecular flexibility index (Phi) is 27.4. The van der Waals surface area contributed by atoms with Crippen molar-refractivity contribution in [2.75, 3.05) is 20.3 Å². The van der Waals surface area contributed by atoms with E-state index >= 15 is 19.2 Å². The van der Waals surface area contributed by atoms with Gasteiger partial charge in [0.1, 0.15) is 77.4 Å². The van der Waals surface area contributed by atoms with E-state index in [1.807, 2.05) is 45.0 Å². The van der Waals surface area contributed by atoms with E-state index < -0.39 is 261 Å². The lowest BCUT2D eigenvalue weighted by Gasteiger charge is -2.48. The lowest BCUT2D eigenvalue weighted by molar-refractivity contribution is -0.334. The molecule has 2 saturated heterocycles. The van der Waals surface area contributed by atoms with E-state index in [-0.39, 0.29) is 59.4 Å². The van der Waals surface area contributed by atoms with Gasteiger partial charge in [-0.3, -0.25) is 33.6 Å². The summed E-state index contributed by atoms with van der Waals surface area (Å²) in [7, 11) is 1.18.